The maximum Gasteiger partial charge on any atom is 0.234 e. The Hall–Kier alpha value is -2.18. The molecule has 1 aliphatic heterocycles. The van der Waals surface area contributed by atoms with Crippen LogP contribution in [0, 0.1) is 13.8 Å². The van der Waals surface area contributed by atoms with Gasteiger partial charge in [0, 0.05) is 24.3 Å². The summed E-state index contributed by atoms with van der Waals surface area (Å²) in [5, 5.41) is 17.3. The van der Waals surface area contributed by atoms with Crippen LogP contribution in [0.2, 0.25) is 0 Å². The van der Waals surface area contributed by atoms with Gasteiger partial charge in [0.1, 0.15) is 0 Å². The van der Waals surface area contributed by atoms with Gasteiger partial charge in [-0.1, -0.05) is 18.2 Å². The van der Waals surface area contributed by atoms with E-state index in [1.807, 2.05) is 53.8 Å². The van der Waals surface area contributed by atoms with Crippen LogP contribution in [0.25, 0.3) is 5.69 Å². The van der Waals surface area contributed by atoms with E-state index in [1.54, 1.807) is 0 Å². The minimum absolute atomic E-state index is 0.0136. The van der Waals surface area contributed by atoms with E-state index < -0.39 is 0 Å². The van der Waals surface area contributed by atoms with Crippen LogP contribution in [0.4, 0.5) is 0 Å². The average molecular weight is 342 g/mol. The van der Waals surface area contributed by atoms with Crippen LogP contribution in [-0.2, 0) is 11.3 Å². The molecule has 1 saturated heterocycles. The van der Waals surface area contributed by atoms with Crippen molar-refractivity contribution < 1.29 is 9.90 Å². The minimum Gasteiger partial charge on any atom is -0.392 e. The molecule has 2 aromatic rings. The van der Waals surface area contributed by atoms with E-state index in [0.29, 0.717) is 19.6 Å². The summed E-state index contributed by atoms with van der Waals surface area (Å²) in [5.74, 6) is -0.0136. The standard InChI is InChI=1S/C19H26N4O2/c1-14-18(15(2)23(21-14)16-7-4-3-5-8-16)11-20-19(25)13-22-10-6-9-17(24)12-22/h3-5,7-8,17,24H,6,9-13H2,1-2H3,(H,20,25). The molecular formula is C19H26N4O2. The molecule has 0 radical (unpaired) electrons. The number of aliphatic hydroxyl groups excluding tert-OH is 1. The predicted octanol–water partition coefficient (Wildman–Crippen LogP) is 1.56. The Morgan fingerprint density at radius 3 is 2.80 bits per heavy atom. The van der Waals surface area contributed by atoms with Crippen LogP contribution in [0.5, 0.6) is 0 Å². The van der Waals surface area contributed by atoms with Gasteiger partial charge in [-0.2, -0.15) is 5.10 Å². The van der Waals surface area contributed by atoms with Crippen LogP contribution in [-0.4, -0.2) is 51.4 Å². The van der Waals surface area contributed by atoms with Crippen LogP contribution in [0.15, 0.2) is 30.3 Å². The van der Waals surface area contributed by atoms with E-state index in [0.717, 1.165) is 42.0 Å². The molecule has 0 saturated carbocycles. The van der Waals surface area contributed by atoms with Gasteiger partial charge in [0.2, 0.25) is 5.91 Å². The van der Waals surface area contributed by atoms with Gasteiger partial charge >= 0.3 is 0 Å². The van der Waals surface area contributed by atoms with Crippen LogP contribution in [0.1, 0.15) is 29.8 Å². The molecule has 1 atom stereocenters. The number of aromatic nitrogens is 2. The first-order chi connectivity index (χ1) is 12.0. The zero-order chi connectivity index (χ0) is 17.8. The third-order valence-corrected chi connectivity index (χ3v) is 4.75. The molecule has 1 fully saturated rings. The molecule has 0 bridgehead atoms. The van der Waals surface area contributed by atoms with Crippen LogP contribution in [0.3, 0.4) is 0 Å². The van der Waals surface area contributed by atoms with Gasteiger partial charge < -0.3 is 10.4 Å². The average Bonchev–Trinajstić information content (AvgIpc) is 2.88. The Labute approximate surface area is 148 Å². The zero-order valence-electron chi connectivity index (χ0n) is 14.9. The van der Waals surface area contributed by atoms with Gasteiger partial charge in [-0.25, -0.2) is 4.68 Å². The number of piperidine rings is 1. The molecular weight excluding hydrogens is 316 g/mol. The number of amides is 1. The van der Waals surface area contributed by atoms with Crippen molar-refractivity contribution in [3.63, 3.8) is 0 Å². The molecule has 6 nitrogen and oxygen atoms in total. The maximum atomic E-state index is 12.2. The topological polar surface area (TPSA) is 70.4 Å². The summed E-state index contributed by atoms with van der Waals surface area (Å²) in [6, 6.07) is 9.99. The Balaban J connectivity index is 1.61. The number of likely N-dealkylation sites (tertiary alicyclic amines) is 1. The van der Waals surface area contributed by atoms with E-state index in [9.17, 15) is 9.90 Å². The van der Waals surface area contributed by atoms with Gasteiger partial charge in [0.25, 0.3) is 0 Å². The molecule has 0 aliphatic carbocycles. The molecule has 134 valence electrons. The number of rotatable bonds is 5. The lowest BCUT2D eigenvalue weighted by Gasteiger charge is -2.29. The Kier molecular flexibility index (Phi) is 5.50. The van der Waals surface area contributed by atoms with Crippen molar-refractivity contribution in [2.24, 2.45) is 0 Å². The normalized spacial score (nSPS) is 18.3. The summed E-state index contributed by atoms with van der Waals surface area (Å²) < 4.78 is 1.91. The molecule has 1 aromatic carbocycles. The second-order valence-corrected chi connectivity index (χ2v) is 6.70. The third-order valence-electron chi connectivity index (χ3n) is 4.75. The van der Waals surface area contributed by atoms with Gasteiger partial charge in [0.05, 0.1) is 24.0 Å². The largest absolute Gasteiger partial charge is 0.392 e. The van der Waals surface area contributed by atoms with Crippen molar-refractivity contribution >= 4 is 5.91 Å². The van der Waals surface area contributed by atoms with Gasteiger partial charge in [0.15, 0.2) is 0 Å². The fraction of sp³-hybridized carbons (Fsp3) is 0.474. The second-order valence-electron chi connectivity index (χ2n) is 6.70. The van der Waals surface area contributed by atoms with E-state index in [2.05, 4.69) is 10.4 Å². The van der Waals surface area contributed by atoms with Crippen molar-refractivity contribution in [1.29, 1.82) is 0 Å². The van der Waals surface area contributed by atoms with Crippen molar-refractivity contribution in [2.75, 3.05) is 19.6 Å². The first-order valence-electron chi connectivity index (χ1n) is 8.82. The quantitative estimate of drug-likeness (QED) is 0.865. The smallest absolute Gasteiger partial charge is 0.234 e. The summed E-state index contributed by atoms with van der Waals surface area (Å²) in [6.07, 6.45) is 1.46. The fourth-order valence-corrected chi connectivity index (χ4v) is 3.37. The number of benzene rings is 1. The number of β-amino-alcohol motifs (C(OH)–C–C–N with tert-alkyl or cyclic N) is 1. The van der Waals surface area contributed by atoms with E-state index in [1.165, 1.54) is 0 Å². The van der Waals surface area contributed by atoms with Crippen LogP contribution < -0.4 is 5.32 Å². The highest BCUT2D eigenvalue weighted by atomic mass is 16.3. The number of aryl methyl sites for hydroxylation is 1. The highest BCUT2D eigenvalue weighted by Gasteiger charge is 2.20. The first kappa shape index (κ1) is 17.6. The number of nitrogens with zero attached hydrogens (tertiary/aromatic N) is 3. The van der Waals surface area contributed by atoms with E-state index in [4.69, 9.17) is 0 Å². The van der Waals surface area contributed by atoms with Crippen molar-refractivity contribution in [1.82, 2.24) is 20.0 Å². The minimum atomic E-state index is -0.310. The highest BCUT2D eigenvalue weighted by molar-refractivity contribution is 5.78. The number of hydrogen-bond acceptors (Lipinski definition) is 4. The number of carbonyl (C=O) groups excluding carboxylic acids is 1. The first-order valence-corrected chi connectivity index (χ1v) is 8.82. The lowest BCUT2D eigenvalue weighted by atomic mass is 10.1. The van der Waals surface area contributed by atoms with Crippen molar-refractivity contribution in [3.8, 4) is 5.69 Å². The maximum absolute atomic E-state index is 12.2. The van der Waals surface area contributed by atoms with Crippen LogP contribution >= 0.6 is 0 Å². The third kappa shape index (κ3) is 4.27. The Morgan fingerprint density at radius 2 is 2.08 bits per heavy atom. The number of hydrogen-bond donors (Lipinski definition) is 2. The second kappa shape index (κ2) is 7.80. The summed E-state index contributed by atoms with van der Waals surface area (Å²) in [4.78, 5) is 14.2. The van der Waals surface area contributed by atoms with Crippen molar-refractivity contribution in [3.05, 3.63) is 47.3 Å². The van der Waals surface area contributed by atoms with Crippen molar-refractivity contribution in [2.45, 2.75) is 39.3 Å². The monoisotopic (exact) mass is 342 g/mol. The number of carbonyl (C=O) groups is 1. The summed E-state index contributed by atoms with van der Waals surface area (Å²) >= 11 is 0. The molecule has 6 heteroatoms. The number of para-hydroxylation sites is 1. The van der Waals surface area contributed by atoms with Gasteiger partial charge in [-0.05, 0) is 45.4 Å². The molecule has 1 amide bonds. The Morgan fingerprint density at radius 1 is 1.32 bits per heavy atom. The SMILES string of the molecule is Cc1nn(-c2ccccc2)c(C)c1CNC(=O)CN1CCCC(O)C1. The summed E-state index contributed by atoms with van der Waals surface area (Å²) in [6.45, 7) is 6.25. The van der Waals surface area contributed by atoms with Gasteiger partial charge in [-0.3, -0.25) is 9.69 Å². The number of nitrogens with one attached hydrogen (secondary N) is 1. The van der Waals surface area contributed by atoms with E-state index >= 15 is 0 Å². The molecule has 1 aromatic heterocycles. The fourth-order valence-electron chi connectivity index (χ4n) is 3.37. The Bertz CT molecular complexity index is 727. The van der Waals surface area contributed by atoms with E-state index in [-0.39, 0.29) is 12.0 Å². The predicted molar refractivity (Wildman–Crippen MR) is 96.6 cm³/mol. The zero-order valence-corrected chi connectivity index (χ0v) is 14.9. The molecule has 1 aliphatic rings. The summed E-state index contributed by atoms with van der Waals surface area (Å²) in [7, 11) is 0. The number of aliphatic hydroxyl groups is 1. The highest BCUT2D eigenvalue weighted by Crippen LogP contribution is 2.17. The molecule has 25 heavy (non-hydrogen) atoms. The lowest BCUT2D eigenvalue weighted by molar-refractivity contribution is -0.123. The summed E-state index contributed by atoms with van der Waals surface area (Å²) in [5.41, 5.74) is 4.03. The van der Waals surface area contributed by atoms with Gasteiger partial charge in [-0.15, -0.1) is 0 Å². The molecule has 2 heterocycles. The molecule has 2 N–H and O–H groups in total. The molecule has 0 spiro atoms. The molecule has 1 unspecified atom stereocenters. The molecule has 3 rings (SSSR count). The lowest BCUT2D eigenvalue weighted by Crippen LogP contribution is -2.44.